The SMILES string of the molecule is COC(=O)C1(N)CCCCC1.Cc1ccoc1C(=O)NC1(C(=O)O)CCCCC1.Cl. The van der Waals surface area contributed by atoms with Crippen LogP contribution in [0.5, 0.6) is 0 Å². The number of hydrogen-bond donors (Lipinski definition) is 3. The molecule has 1 aromatic heterocycles. The third-order valence-corrected chi connectivity index (χ3v) is 5.88. The summed E-state index contributed by atoms with van der Waals surface area (Å²) in [5.74, 6) is -1.46. The average molecular weight is 445 g/mol. The third kappa shape index (κ3) is 6.22. The van der Waals surface area contributed by atoms with Crippen LogP contribution < -0.4 is 11.1 Å². The molecule has 0 atom stereocenters. The number of ether oxygens (including phenoxy) is 1. The molecule has 0 spiro atoms. The van der Waals surface area contributed by atoms with Gasteiger partial charge in [0.15, 0.2) is 5.76 Å². The molecule has 170 valence electrons. The van der Waals surface area contributed by atoms with Gasteiger partial charge in [-0.1, -0.05) is 38.5 Å². The highest BCUT2D eigenvalue weighted by Crippen LogP contribution is 2.29. The van der Waals surface area contributed by atoms with E-state index in [4.69, 9.17) is 10.2 Å². The first kappa shape index (κ1) is 26.0. The van der Waals surface area contributed by atoms with Crippen molar-refractivity contribution in [3.63, 3.8) is 0 Å². The molecule has 0 aromatic carbocycles. The molecule has 1 aromatic rings. The quantitative estimate of drug-likeness (QED) is 0.606. The molecular weight excluding hydrogens is 412 g/mol. The third-order valence-electron chi connectivity index (χ3n) is 5.88. The molecule has 4 N–H and O–H groups in total. The van der Waals surface area contributed by atoms with Crippen LogP contribution in [0.1, 0.15) is 80.3 Å². The van der Waals surface area contributed by atoms with Crippen LogP contribution in [0.25, 0.3) is 0 Å². The highest BCUT2D eigenvalue weighted by molar-refractivity contribution is 5.96. The Morgan fingerprint density at radius 2 is 1.60 bits per heavy atom. The lowest BCUT2D eigenvalue weighted by atomic mass is 9.81. The smallest absolute Gasteiger partial charge is 0.329 e. The molecule has 1 amide bonds. The van der Waals surface area contributed by atoms with Crippen molar-refractivity contribution in [1.29, 1.82) is 0 Å². The Morgan fingerprint density at radius 3 is 2.03 bits per heavy atom. The van der Waals surface area contributed by atoms with Gasteiger partial charge in [0.05, 0.1) is 13.4 Å². The molecular formula is C21H33ClN2O6. The van der Waals surface area contributed by atoms with Crippen LogP contribution in [0, 0.1) is 6.92 Å². The number of amides is 1. The largest absolute Gasteiger partial charge is 0.480 e. The maximum absolute atomic E-state index is 12.0. The fourth-order valence-corrected chi connectivity index (χ4v) is 4.02. The monoisotopic (exact) mass is 444 g/mol. The van der Waals surface area contributed by atoms with Crippen LogP contribution in [-0.2, 0) is 14.3 Å². The second-order valence-corrected chi connectivity index (χ2v) is 8.04. The molecule has 3 rings (SSSR count). The molecule has 9 heteroatoms. The lowest BCUT2D eigenvalue weighted by Crippen LogP contribution is -2.55. The van der Waals surface area contributed by atoms with Gasteiger partial charge in [0.1, 0.15) is 11.1 Å². The van der Waals surface area contributed by atoms with Gasteiger partial charge in [-0.25, -0.2) is 4.79 Å². The molecule has 0 bridgehead atoms. The normalized spacial score (nSPS) is 19.3. The van der Waals surface area contributed by atoms with Crippen molar-refractivity contribution in [3.05, 3.63) is 23.7 Å². The van der Waals surface area contributed by atoms with Gasteiger partial charge in [-0.2, -0.15) is 0 Å². The molecule has 0 unspecified atom stereocenters. The number of furan rings is 1. The Morgan fingerprint density at radius 1 is 1.07 bits per heavy atom. The zero-order valence-electron chi connectivity index (χ0n) is 17.7. The van der Waals surface area contributed by atoms with Crippen LogP contribution >= 0.6 is 12.4 Å². The first-order valence-corrected chi connectivity index (χ1v) is 10.2. The first-order chi connectivity index (χ1) is 13.7. The highest BCUT2D eigenvalue weighted by atomic mass is 35.5. The van der Waals surface area contributed by atoms with Crippen LogP contribution in [-0.4, -0.2) is 41.1 Å². The number of aliphatic carboxylic acids is 1. The Labute approximate surface area is 183 Å². The number of carbonyl (C=O) groups excluding carboxylic acids is 2. The van der Waals surface area contributed by atoms with Gasteiger partial charge in [-0.3, -0.25) is 9.59 Å². The zero-order chi connectivity index (χ0) is 21.5. The number of rotatable bonds is 4. The summed E-state index contributed by atoms with van der Waals surface area (Å²) in [5.41, 5.74) is 4.75. The maximum atomic E-state index is 12.0. The van der Waals surface area contributed by atoms with E-state index in [-0.39, 0.29) is 24.1 Å². The van der Waals surface area contributed by atoms with E-state index >= 15 is 0 Å². The van der Waals surface area contributed by atoms with Crippen LogP contribution in [0.4, 0.5) is 0 Å². The van der Waals surface area contributed by atoms with E-state index in [1.54, 1.807) is 13.0 Å². The van der Waals surface area contributed by atoms with Gasteiger partial charge in [0.2, 0.25) is 0 Å². The standard InChI is InChI=1S/C13H17NO4.C8H15NO2.ClH/c1-9-5-8-18-10(9)11(15)14-13(12(16)17)6-3-2-4-7-13;1-11-7(10)8(9)5-3-2-4-6-8;/h5,8H,2-4,6-7H2,1H3,(H,14,15)(H,16,17);2-6,9H2,1H3;1H. The number of methoxy groups -OCH3 is 1. The predicted octanol–water partition coefficient (Wildman–Crippen LogP) is 3.35. The number of carboxylic acids is 1. The topological polar surface area (TPSA) is 132 Å². The van der Waals surface area contributed by atoms with E-state index in [0.29, 0.717) is 18.4 Å². The molecule has 8 nitrogen and oxygen atoms in total. The summed E-state index contributed by atoms with van der Waals surface area (Å²) in [6, 6.07) is 1.68. The molecule has 2 aliphatic carbocycles. The number of halogens is 1. The summed E-state index contributed by atoms with van der Waals surface area (Å²) in [7, 11) is 1.39. The van der Waals surface area contributed by atoms with Crippen molar-refractivity contribution in [1.82, 2.24) is 5.32 Å². The molecule has 0 aliphatic heterocycles. The Hall–Kier alpha value is -2.06. The van der Waals surface area contributed by atoms with Gasteiger partial charge in [0.25, 0.3) is 5.91 Å². The van der Waals surface area contributed by atoms with Crippen molar-refractivity contribution in [2.45, 2.75) is 82.2 Å². The summed E-state index contributed by atoms with van der Waals surface area (Å²) in [4.78, 5) is 34.6. The number of carbonyl (C=O) groups is 3. The van der Waals surface area contributed by atoms with Crippen molar-refractivity contribution in [2.75, 3.05) is 7.11 Å². The van der Waals surface area contributed by atoms with Crippen LogP contribution in [0.2, 0.25) is 0 Å². The van der Waals surface area contributed by atoms with E-state index in [1.165, 1.54) is 19.8 Å². The summed E-state index contributed by atoms with van der Waals surface area (Å²) < 4.78 is 9.72. The van der Waals surface area contributed by atoms with Crippen molar-refractivity contribution in [2.24, 2.45) is 5.73 Å². The number of nitrogens with one attached hydrogen (secondary N) is 1. The van der Waals surface area contributed by atoms with E-state index < -0.39 is 23.0 Å². The van der Waals surface area contributed by atoms with Gasteiger partial charge in [0, 0.05) is 5.56 Å². The van der Waals surface area contributed by atoms with Gasteiger partial charge >= 0.3 is 11.9 Å². The van der Waals surface area contributed by atoms with Crippen molar-refractivity contribution >= 4 is 30.3 Å². The Bertz CT molecular complexity index is 721. The van der Waals surface area contributed by atoms with E-state index in [9.17, 15) is 19.5 Å². The van der Waals surface area contributed by atoms with Crippen molar-refractivity contribution < 1.29 is 28.6 Å². The van der Waals surface area contributed by atoms with Gasteiger partial charge in [-0.05, 0) is 38.7 Å². The highest BCUT2D eigenvalue weighted by Gasteiger charge is 2.41. The average Bonchev–Trinajstić information content (AvgIpc) is 3.15. The Balaban J connectivity index is 0.000000324. The number of esters is 1. The van der Waals surface area contributed by atoms with Crippen molar-refractivity contribution in [3.8, 4) is 0 Å². The summed E-state index contributed by atoms with van der Waals surface area (Å²) >= 11 is 0. The van der Waals surface area contributed by atoms with Gasteiger partial charge < -0.3 is 25.3 Å². The number of hydrogen-bond acceptors (Lipinski definition) is 6. The fraction of sp³-hybridized carbons (Fsp3) is 0.667. The second kappa shape index (κ2) is 11.4. The van der Waals surface area contributed by atoms with Crippen LogP contribution in [0.3, 0.4) is 0 Å². The maximum Gasteiger partial charge on any atom is 0.329 e. The second-order valence-electron chi connectivity index (χ2n) is 8.04. The molecule has 1 heterocycles. The Kier molecular flexibility index (Phi) is 9.84. The number of aryl methyl sites for hydroxylation is 1. The molecule has 0 saturated heterocycles. The minimum atomic E-state index is -1.13. The molecule has 2 saturated carbocycles. The minimum Gasteiger partial charge on any atom is -0.480 e. The summed E-state index contributed by atoms with van der Waals surface area (Å²) in [6.07, 6.45) is 9.89. The lowest BCUT2D eigenvalue weighted by Gasteiger charge is -2.33. The fourth-order valence-electron chi connectivity index (χ4n) is 4.02. The molecule has 2 aliphatic rings. The number of nitrogens with two attached hydrogens (primary N) is 1. The lowest BCUT2D eigenvalue weighted by molar-refractivity contribution is -0.148. The van der Waals surface area contributed by atoms with E-state index in [1.807, 2.05) is 0 Å². The predicted molar refractivity (Wildman–Crippen MR) is 114 cm³/mol. The van der Waals surface area contributed by atoms with Crippen LogP contribution in [0.15, 0.2) is 16.7 Å². The minimum absolute atomic E-state index is 0. The first-order valence-electron chi connectivity index (χ1n) is 10.2. The zero-order valence-corrected chi connectivity index (χ0v) is 18.5. The summed E-state index contributed by atoms with van der Waals surface area (Å²) in [6.45, 7) is 1.76. The van der Waals surface area contributed by atoms with E-state index in [0.717, 1.165) is 44.9 Å². The molecule has 2 fully saturated rings. The molecule has 0 radical (unpaired) electrons. The summed E-state index contributed by atoms with van der Waals surface area (Å²) in [5, 5.41) is 12.0. The van der Waals surface area contributed by atoms with E-state index in [2.05, 4.69) is 10.1 Å². The molecule has 30 heavy (non-hydrogen) atoms. The number of carboxylic acid groups (broad SMARTS) is 1. The van der Waals surface area contributed by atoms with Gasteiger partial charge in [-0.15, -0.1) is 12.4 Å².